The Hall–Kier alpha value is -3.23. The molecule has 2 aromatic rings. The number of hydrogen-bond donors (Lipinski definition) is 2. The van der Waals surface area contributed by atoms with Gasteiger partial charge in [-0.15, -0.1) is 0 Å². The molecule has 0 aliphatic carbocycles. The summed E-state index contributed by atoms with van der Waals surface area (Å²) in [6, 6.07) is 9.04. The number of aromatic amines is 1. The molecule has 0 radical (unpaired) electrons. The fourth-order valence-corrected chi connectivity index (χ4v) is 1.83. The van der Waals surface area contributed by atoms with Crippen molar-refractivity contribution in [3.63, 3.8) is 0 Å². The first kappa shape index (κ1) is 16.1. The van der Waals surface area contributed by atoms with Crippen LogP contribution in [0.15, 0.2) is 30.3 Å². The Labute approximate surface area is 130 Å². The van der Waals surface area contributed by atoms with E-state index in [1.54, 1.807) is 12.1 Å². The summed E-state index contributed by atoms with van der Waals surface area (Å²) in [5, 5.41) is 19.1. The van der Waals surface area contributed by atoms with Crippen LogP contribution >= 0.6 is 0 Å². The molecule has 23 heavy (non-hydrogen) atoms. The van der Waals surface area contributed by atoms with Gasteiger partial charge in [-0.2, -0.15) is 5.10 Å². The van der Waals surface area contributed by atoms with E-state index in [4.69, 9.17) is 4.74 Å². The van der Waals surface area contributed by atoms with E-state index in [2.05, 4.69) is 15.5 Å². The Balaban J connectivity index is 1.87. The number of aryl methyl sites for hydroxylation is 1. The van der Waals surface area contributed by atoms with Gasteiger partial charge in [0, 0.05) is 0 Å². The average Bonchev–Trinajstić information content (AvgIpc) is 2.93. The second-order valence-electron chi connectivity index (χ2n) is 4.63. The standard InChI is InChI=1S/C14H14N4O5/c1-9-13(18(21)22)12(17-16-9)14(20)15-7-11(19)23-8-10-5-3-2-4-6-10/h2-6H,7-8H2,1H3,(H,15,20)(H,16,17). The van der Waals surface area contributed by atoms with E-state index in [1.807, 2.05) is 18.2 Å². The predicted molar refractivity (Wildman–Crippen MR) is 78.6 cm³/mol. The zero-order valence-corrected chi connectivity index (χ0v) is 12.2. The Kier molecular flexibility index (Phi) is 5.03. The number of carbonyl (C=O) groups is 2. The van der Waals surface area contributed by atoms with Crippen molar-refractivity contribution in [3.05, 3.63) is 57.4 Å². The number of nitrogens with zero attached hydrogens (tertiary/aromatic N) is 2. The van der Waals surface area contributed by atoms with Crippen LogP contribution in [-0.2, 0) is 16.1 Å². The van der Waals surface area contributed by atoms with Crippen LogP contribution in [0.2, 0.25) is 0 Å². The van der Waals surface area contributed by atoms with Crippen LogP contribution in [0, 0.1) is 17.0 Å². The highest BCUT2D eigenvalue weighted by Crippen LogP contribution is 2.19. The average molecular weight is 318 g/mol. The van der Waals surface area contributed by atoms with Gasteiger partial charge in [0.05, 0.1) is 4.92 Å². The molecule has 9 heteroatoms. The number of hydrogen-bond acceptors (Lipinski definition) is 6. The molecule has 0 bridgehead atoms. The minimum Gasteiger partial charge on any atom is -0.460 e. The highest BCUT2D eigenvalue weighted by Gasteiger charge is 2.27. The molecule has 1 heterocycles. The van der Waals surface area contributed by atoms with Crippen LogP contribution in [0.5, 0.6) is 0 Å². The Morgan fingerprint density at radius 2 is 2.04 bits per heavy atom. The Morgan fingerprint density at radius 1 is 1.35 bits per heavy atom. The van der Waals surface area contributed by atoms with E-state index in [1.165, 1.54) is 6.92 Å². The number of nitrogens with one attached hydrogen (secondary N) is 2. The van der Waals surface area contributed by atoms with Gasteiger partial charge in [-0.1, -0.05) is 30.3 Å². The van der Waals surface area contributed by atoms with Crippen molar-refractivity contribution in [2.45, 2.75) is 13.5 Å². The molecule has 2 N–H and O–H groups in total. The highest BCUT2D eigenvalue weighted by atomic mass is 16.6. The molecule has 0 saturated heterocycles. The molecule has 120 valence electrons. The van der Waals surface area contributed by atoms with Crippen LogP contribution in [0.3, 0.4) is 0 Å². The topological polar surface area (TPSA) is 127 Å². The van der Waals surface area contributed by atoms with E-state index >= 15 is 0 Å². The molecule has 2 rings (SSSR count). The lowest BCUT2D eigenvalue weighted by atomic mass is 10.2. The van der Waals surface area contributed by atoms with Crippen molar-refractivity contribution < 1.29 is 19.2 Å². The monoisotopic (exact) mass is 318 g/mol. The lowest BCUT2D eigenvalue weighted by Gasteiger charge is -2.05. The third kappa shape index (κ3) is 4.13. The fraction of sp³-hybridized carbons (Fsp3) is 0.214. The highest BCUT2D eigenvalue weighted by molar-refractivity contribution is 5.97. The van der Waals surface area contributed by atoms with Crippen molar-refractivity contribution >= 4 is 17.6 Å². The second kappa shape index (κ2) is 7.16. The number of nitro groups is 1. The SMILES string of the molecule is Cc1[nH]nc(C(=O)NCC(=O)OCc2ccccc2)c1[N+](=O)[O-]. The first-order valence-electron chi connectivity index (χ1n) is 6.66. The summed E-state index contributed by atoms with van der Waals surface area (Å²) in [6.07, 6.45) is 0. The molecule has 0 aliphatic heterocycles. The van der Waals surface area contributed by atoms with Crippen LogP contribution < -0.4 is 5.32 Å². The number of benzene rings is 1. The molecular formula is C14H14N4O5. The number of carbonyl (C=O) groups excluding carboxylic acids is 2. The van der Waals surface area contributed by atoms with Gasteiger partial charge in [0.1, 0.15) is 18.8 Å². The summed E-state index contributed by atoms with van der Waals surface area (Å²) in [5.41, 5.74) is 0.182. The lowest BCUT2D eigenvalue weighted by Crippen LogP contribution is -2.31. The van der Waals surface area contributed by atoms with Crippen molar-refractivity contribution in [2.24, 2.45) is 0 Å². The number of H-pyrrole nitrogens is 1. The fourth-order valence-electron chi connectivity index (χ4n) is 1.83. The van der Waals surface area contributed by atoms with Gasteiger partial charge in [-0.25, -0.2) is 0 Å². The van der Waals surface area contributed by atoms with Crippen LogP contribution in [0.1, 0.15) is 21.7 Å². The summed E-state index contributed by atoms with van der Waals surface area (Å²) >= 11 is 0. The van der Waals surface area contributed by atoms with Gasteiger partial charge >= 0.3 is 11.7 Å². The Bertz CT molecular complexity index is 726. The predicted octanol–water partition coefficient (Wildman–Crippen LogP) is 1.10. The van der Waals surface area contributed by atoms with Gasteiger partial charge in [-0.05, 0) is 12.5 Å². The summed E-state index contributed by atoms with van der Waals surface area (Å²) in [5.74, 6) is -1.48. The largest absolute Gasteiger partial charge is 0.460 e. The summed E-state index contributed by atoms with van der Waals surface area (Å²) in [4.78, 5) is 33.6. The summed E-state index contributed by atoms with van der Waals surface area (Å²) in [6.45, 7) is 1.10. The van der Waals surface area contributed by atoms with Gasteiger partial charge in [0.25, 0.3) is 5.91 Å². The minimum absolute atomic E-state index is 0.0806. The van der Waals surface area contributed by atoms with Gasteiger partial charge < -0.3 is 10.1 Å². The van der Waals surface area contributed by atoms with E-state index in [9.17, 15) is 19.7 Å². The van der Waals surface area contributed by atoms with Crippen LogP contribution in [0.4, 0.5) is 5.69 Å². The number of esters is 1. The van der Waals surface area contributed by atoms with Crippen molar-refractivity contribution in [2.75, 3.05) is 6.54 Å². The van der Waals surface area contributed by atoms with Crippen molar-refractivity contribution in [1.29, 1.82) is 0 Å². The summed E-state index contributed by atoms with van der Waals surface area (Å²) < 4.78 is 4.98. The Morgan fingerprint density at radius 3 is 2.70 bits per heavy atom. The van der Waals surface area contributed by atoms with Crippen LogP contribution in [-0.4, -0.2) is 33.5 Å². The third-order valence-electron chi connectivity index (χ3n) is 2.95. The smallest absolute Gasteiger partial charge is 0.325 e. The molecule has 9 nitrogen and oxygen atoms in total. The number of amides is 1. The zero-order valence-electron chi connectivity index (χ0n) is 12.2. The van der Waals surface area contributed by atoms with E-state index in [0.29, 0.717) is 0 Å². The van der Waals surface area contributed by atoms with Gasteiger partial charge in [0.2, 0.25) is 5.69 Å². The minimum atomic E-state index is -0.822. The molecule has 1 amide bonds. The van der Waals surface area contributed by atoms with E-state index in [0.717, 1.165) is 5.56 Å². The molecular weight excluding hydrogens is 304 g/mol. The normalized spacial score (nSPS) is 10.1. The lowest BCUT2D eigenvalue weighted by molar-refractivity contribution is -0.385. The van der Waals surface area contributed by atoms with Crippen molar-refractivity contribution in [3.8, 4) is 0 Å². The van der Waals surface area contributed by atoms with Crippen LogP contribution in [0.25, 0.3) is 0 Å². The molecule has 0 unspecified atom stereocenters. The molecule has 0 saturated carbocycles. The van der Waals surface area contributed by atoms with E-state index < -0.39 is 29.0 Å². The molecule has 1 aromatic heterocycles. The first-order valence-corrected chi connectivity index (χ1v) is 6.66. The zero-order chi connectivity index (χ0) is 16.8. The number of ether oxygens (including phenoxy) is 1. The quantitative estimate of drug-likeness (QED) is 0.466. The molecule has 0 fully saturated rings. The maximum absolute atomic E-state index is 11.9. The molecule has 1 aromatic carbocycles. The maximum Gasteiger partial charge on any atom is 0.325 e. The van der Waals surface area contributed by atoms with Crippen molar-refractivity contribution in [1.82, 2.24) is 15.5 Å². The molecule has 0 spiro atoms. The van der Waals surface area contributed by atoms with E-state index in [-0.39, 0.29) is 18.0 Å². The van der Waals surface area contributed by atoms with Gasteiger partial charge in [0.15, 0.2) is 0 Å². The second-order valence-corrected chi connectivity index (χ2v) is 4.63. The first-order chi connectivity index (χ1) is 11.0. The third-order valence-corrected chi connectivity index (χ3v) is 2.95. The van der Waals surface area contributed by atoms with Gasteiger partial charge in [-0.3, -0.25) is 24.8 Å². The maximum atomic E-state index is 11.9. The molecule has 0 atom stereocenters. The summed E-state index contributed by atoms with van der Waals surface area (Å²) in [7, 11) is 0. The number of aromatic nitrogens is 2. The number of rotatable bonds is 6. The molecule has 0 aliphatic rings.